The lowest BCUT2D eigenvalue weighted by Crippen LogP contribution is -2.70. The van der Waals surface area contributed by atoms with Crippen molar-refractivity contribution in [2.75, 3.05) is 11.9 Å². The fourth-order valence-electron chi connectivity index (χ4n) is 2.89. The number of carboxylic acids is 1. The molecule has 0 aromatic heterocycles. The molecule has 0 aliphatic carbocycles. The van der Waals surface area contributed by atoms with Crippen LogP contribution in [0.5, 0.6) is 5.75 Å². The molecule has 142 valence electrons. The predicted octanol–water partition coefficient (Wildman–Crippen LogP) is 2.10. The minimum absolute atomic E-state index is 0.0398. The first kappa shape index (κ1) is 19.5. The topological polar surface area (TPSA) is 95.9 Å². The number of carboxylic acid groups (broad SMARTS) is 1. The third kappa shape index (κ3) is 3.89. The molecular weight excluding hydrogens is 436 g/mol. The summed E-state index contributed by atoms with van der Waals surface area (Å²) in [6.45, 7) is 1.45. The third-order valence-electron chi connectivity index (χ3n) is 4.15. The maximum absolute atomic E-state index is 12.5. The molecule has 2 N–H and O–H groups in total. The van der Waals surface area contributed by atoms with E-state index in [1.807, 2.05) is 12.1 Å². The van der Waals surface area contributed by atoms with Crippen LogP contribution in [0.2, 0.25) is 0 Å². The number of nitrogens with one attached hydrogen (secondary N) is 1. The summed E-state index contributed by atoms with van der Waals surface area (Å²) in [5.74, 6) is -1.49. The van der Waals surface area contributed by atoms with E-state index in [9.17, 15) is 19.5 Å². The number of β-lactam (4-membered cyclic amide) rings is 1. The van der Waals surface area contributed by atoms with Crippen molar-refractivity contribution in [2.24, 2.45) is 0 Å². The average molecular weight is 453 g/mol. The van der Waals surface area contributed by atoms with Crippen LogP contribution in [0, 0.1) is 0 Å². The number of thioether (sulfide) groups is 1. The summed E-state index contributed by atoms with van der Waals surface area (Å²) in [5.41, 5.74) is 0.496. The molecule has 1 aromatic rings. The number of benzene rings is 1. The number of halogens is 1. The SMILES string of the molecule is CC1=C(C(=O)O)N2C(=O)C(NC(=O)COc3ccccc3)[C@@H]2SC1=CCBr. The lowest BCUT2D eigenvalue weighted by molar-refractivity contribution is -0.150. The van der Waals surface area contributed by atoms with Gasteiger partial charge in [-0.15, -0.1) is 0 Å². The van der Waals surface area contributed by atoms with Crippen LogP contribution in [-0.2, 0) is 14.4 Å². The van der Waals surface area contributed by atoms with Crippen molar-refractivity contribution in [3.8, 4) is 5.75 Å². The summed E-state index contributed by atoms with van der Waals surface area (Å²) < 4.78 is 5.38. The number of aliphatic carboxylic acids is 1. The summed E-state index contributed by atoms with van der Waals surface area (Å²) in [6.07, 6.45) is 1.85. The Morgan fingerprint density at radius 3 is 2.70 bits per heavy atom. The van der Waals surface area contributed by atoms with Crippen LogP contribution in [-0.4, -0.2) is 51.1 Å². The molecule has 2 aliphatic heterocycles. The van der Waals surface area contributed by atoms with E-state index in [2.05, 4.69) is 21.2 Å². The molecule has 3 rings (SSSR count). The molecule has 0 bridgehead atoms. The van der Waals surface area contributed by atoms with Gasteiger partial charge < -0.3 is 15.2 Å². The summed E-state index contributed by atoms with van der Waals surface area (Å²) in [4.78, 5) is 38.3. The number of nitrogens with zero attached hydrogens (tertiary/aromatic N) is 1. The first-order valence-electron chi connectivity index (χ1n) is 8.11. The highest BCUT2D eigenvalue weighted by atomic mass is 79.9. The number of para-hydroxylation sites is 1. The summed E-state index contributed by atoms with van der Waals surface area (Å²) in [6, 6.07) is 8.08. The zero-order valence-electron chi connectivity index (χ0n) is 14.3. The zero-order chi connectivity index (χ0) is 19.6. The largest absolute Gasteiger partial charge is 0.484 e. The lowest BCUT2D eigenvalue weighted by atomic mass is 10.0. The van der Waals surface area contributed by atoms with Gasteiger partial charge in [-0.05, 0) is 24.6 Å². The molecule has 2 aliphatic rings. The molecule has 9 heteroatoms. The third-order valence-corrected chi connectivity index (χ3v) is 5.93. The van der Waals surface area contributed by atoms with Gasteiger partial charge in [0.05, 0.1) is 0 Å². The lowest BCUT2D eigenvalue weighted by Gasteiger charge is -2.49. The number of ether oxygens (including phenoxy) is 1. The second kappa shape index (κ2) is 8.18. The Bertz CT molecular complexity index is 839. The fraction of sp³-hybridized carbons (Fsp3) is 0.278. The van der Waals surface area contributed by atoms with Gasteiger partial charge >= 0.3 is 5.97 Å². The number of carbonyl (C=O) groups is 3. The van der Waals surface area contributed by atoms with Crippen molar-refractivity contribution in [3.63, 3.8) is 0 Å². The Balaban J connectivity index is 1.69. The second-order valence-corrected chi connectivity index (χ2v) is 7.67. The maximum Gasteiger partial charge on any atom is 0.352 e. The number of rotatable bonds is 6. The first-order valence-corrected chi connectivity index (χ1v) is 10.1. The Morgan fingerprint density at radius 2 is 2.07 bits per heavy atom. The molecular formula is C18H17BrN2O5S. The number of fused-ring (bicyclic) bond motifs is 1. The predicted molar refractivity (Wildman–Crippen MR) is 104 cm³/mol. The van der Waals surface area contributed by atoms with Crippen LogP contribution in [0.4, 0.5) is 0 Å². The van der Waals surface area contributed by atoms with E-state index in [0.29, 0.717) is 16.7 Å². The van der Waals surface area contributed by atoms with Crippen LogP contribution in [0.3, 0.4) is 0 Å². The van der Waals surface area contributed by atoms with Crippen LogP contribution in [0.1, 0.15) is 6.92 Å². The molecule has 1 saturated heterocycles. The molecule has 1 fully saturated rings. The molecule has 1 unspecified atom stereocenters. The van der Waals surface area contributed by atoms with Gasteiger partial charge in [-0.25, -0.2) is 4.79 Å². The van der Waals surface area contributed by atoms with Crippen LogP contribution < -0.4 is 10.1 Å². The Morgan fingerprint density at radius 1 is 1.37 bits per heavy atom. The molecule has 27 heavy (non-hydrogen) atoms. The molecule has 1 aromatic carbocycles. The van der Waals surface area contributed by atoms with Crippen molar-refractivity contribution < 1.29 is 24.2 Å². The van der Waals surface area contributed by atoms with Gasteiger partial charge in [0, 0.05) is 10.2 Å². The standard InChI is InChI=1S/C18H17BrN2O5S/c1-10-12(7-8-19)27-17-14(16(23)21(17)15(10)18(24)25)20-13(22)9-26-11-5-3-2-4-6-11/h2-7,14,17H,8-9H2,1H3,(H,20,22)(H,24,25)/t14?,17-/m0/s1. The Labute approximate surface area is 168 Å². The van der Waals surface area contributed by atoms with Gasteiger partial charge in [0.1, 0.15) is 22.9 Å². The summed E-state index contributed by atoms with van der Waals surface area (Å²) >= 11 is 4.67. The Kier molecular flexibility index (Phi) is 5.91. The van der Waals surface area contributed by atoms with Crippen LogP contribution in [0.25, 0.3) is 0 Å². The average Bonchev–Trinajstić information content (AvgIpc) is 2.66. The van der Waals surface area contributed by atoms with Crippen molar-refractivity contribution in [1.29, 1.82) is 0 Å². The van der Waals surface area contributed by atoms with E-state index < -0.39 is 29.2 Å². The normalized spacial score (nSPS) is 23.0. The van der Waals surface area contributed by atoms with Gasteiger partial charge in [0.2, 0.25) is 0 Å². The van der Waals surface area contributed by atoms with E-state index in [4.69, 9.17) is 4.74 Å². The number of allylic oxidation sites excluding steroid dienone is 2. The number of amides is 2. The van der Waals surface area contributed by atoms with Gasteiger partial charge in [-0.2, -0.15) is 0 Å². The highest BCUT2D eigenvalue weighted by Gasteiger charge is 2.54. The monoisotopic (exact) mass is 452 g/mol. The van der Waals surface area contributed by atoms with E-state index in [1.165, 1.54) is 16.7 Å². The number of alkyl halides is 1. The summed E-state index contributed by atoms with van der Waals surface area (Å²) in [7, 11) is 0. The number of carbonyl (C=O) groups excluding carboxylic acids is 2. The van der Waals surface area contributed by atoms with Crippen LogP contribution in [0.15, 0.2) is 52.6 Å². The molecule has 0 spiro atoms. The van der Waals surface area contributed by atoms with Gasteiger partial charge in [-0.3, -0.25) is 14.5 Å². The fourth-order valence-corrected chi connectivity index (χ4v) is 4.77. The van der Waals surface area contributed by atoms with Crippen molar-refractivity contribution >= 4 is 45.5 Å². The highest BCUT2D eigenvalue weighted by Crippen LogP contribution is 2.46. The molecule has 2 atom stereocenters. The summed E-state index contributed by atoms with van der Waals surface area (Å²) in [5, 5.41) is 12.2. The molecule has 2 amide bonds. The quantitative estimate of drug-likeness (QED) is 0.506. The minimum Gasteiger partial charge on any atom is -0.484 e. The van der Waals surface area contributed by atoms with E-state index in [1.54, 1.807) is 31.2 Å². The molecule has 0 radical (unpaired) electrons. The molecule has 2 heterocycles. The smallest absolute Gasteiger partial charge is 0.352 e. The van der Waals surface area contributed by atoms with E-state index in [-0.39, 0.29) is 12.3 Å². The number of hydrogen-bond acceptors (Lipinski definition) is 5. The van der Waals surface area contributed by atoms with Gasteiger partial charge in [0.25, 0.3) is 11.8 Å². The first-order chi connectivity index (χ1) is 12.9. The highest BCUT2D eigenvalue weighted by molar-refractivity contribution is 9.09. The zero-order valence-corrected chi connectivity index (χ0v) is 16.7. The van der Waals surface area contributed by atoms with Crippen molar-refractivity contribution in [1.82, 2.24) is 10.2 Å². The Hall–Kier alpha value is -2.26. The minimum atomic E-state index is -1.16. The van der Waals surface area contributed by atoms with Crippen molar-refractivity contribution in [3.05, 3.63) is 52.6 Å². The van der Waals surface area contributed by atoms with Crippen LogP contribution >= 0.6 is 27.7 Å². The van der Waals surface area contributed by atoms with Gasteiger partial charge in [-0.1, -0.05) is 52.0 Å². The maximum atomic E-state index is 12.5. The van der Waals surface area contributed by atoms with E-state index >= 15 is 0 Å². The van der Waals surface area contributed by atoms with Crippen molar-refractivity contribution in [2.45, 2.75) is 18.3 Å². The van der Waals surface area contributed by atoms with Gasteiger partial charge in [0.15, 0.2) is 6.61 Å². The van der Waals surface area contributed by atoms with E-state index in [0.717, 1.165) is 4.91 Å². The molecule has 0 saturated carbocycles. The molecule has 7 nitrogen and oxygen atoms in total. The number of hydrogen-bond donors (Lipinski definition) is 2. The second-order valence-electron chi connectivity index (χ2n) is 5.87.